The Labute approximate surface area is 102 Å². The van der Waals surface area contributed by atoms with Crippen molar-refractivity contribution in [1.82, 2.24) is 5.32 Å². The summed E-state index contributed by atoms with van der Waals surface area (Å²) >= 11 is 5.06. The second kappa shape index (κ2) is 4.85. The maximum Gasteiger partial charge on any atom is 0.129 e. The van der Waals surface area contributed by atoms with Crippen LogP contribution in [0.1, 0.15) is 24.3 Å². The predicted molar refractivity (Wildman–Crippen MR) is 66.5 cm³/mol. The minimum absolute atomic E-state index is 0.0989. The lowest BCUT2D eigenvalue weighted by Crippen LogP contribution is -2.29. The molecule has 2 unspecified atom stereocenters. The van der Waals surface area contributed by atoms with E-state index in [1.165, 1.54) is 6.07 Å². The van der Waals surface area contributed by atoms with Gasteiger partial charge < -0.3 is 5.32 Å². The first-order valence-corrected chi connectivity index (χ1v) is 6.74. The third kappa shape index (κ3) is 2.74. The maximum absolute atomic E-state index is 13.7. The first-order chi connectivity index (χ1) is 7.16. The molecule has 0 spiro atoms. The third-order valence-corrected chi connectivity index (χ3v) is 4.38. The lowest BCUT2D eigenvalue weighted by atomic mass is 10.2. The molecule has 1 aromatic carbocycles. The summed E-state index contributed by atoms with van der Waals surface area (Å²) in [6.07, 6.45) is 1.15. The molecule has 1 aliphatic heterocycles. The maximum atomic E-state index is 13.7. The molecule has 15 heavy (non-hydrogen) atoms. The van der Waals surface area contributed by atoms with Gasteiger partial charge in [0.1, 0.15) is 5.82 Å². The summed E-state index contributed by atoms with van der Waals surface area (Å²) in [5.41, 5.74) is 0.759. The second-order valence-corrected chi connectivity index (χ2v) is 6.20. The number of halogens is 2. The molecule has 4 heteroatoms. The van der Waals surface area contributed by atoms with E-state index in [1.807, 2.05) is 12.1 Å². The Hall–Kier alpha value is -0.0600. The summed E-state index contributed by atoms with van der Waals surface area (Å²) in [5.74, 6) is -0.136. The van der Waals surface area contributed by atoms with Crippen LogP contribution in [0.15, 0.2) is 22.7 Å². The Balaban J connectivity index is 2.21. The van der Waals surface area contributed by atoms with E-state index in [2.05, 4.69) is 28.2 Å². The van der Waals surface area contributed by atoms with Gasteiger partial charge >= 0.3 is 0 Å². The van der Waals surface area contributed by atoms with Gasteiger partial charge in [0, 0.05) is 15.3 Å². The van der Waals surface area contributed by atoms with Gasteiger partial charge in [0.2, 0.25) is 0 Å². The normalized spacial score (nSPS) is 26.6. The Kier molecular flexibility index (Phi) is 3.69. The third-order valence-electron chi connectivity index (χ3n) is 2.49. The van der Waals surface area contributed by atoms with E-state index in [9.17, 15) is 4.39 Å². The second-order valence-electron chi connectivity index (χ2n) is 3.74. The number of hydrogen-bond donors (Lipinski definition) is 1. The van der Waals surface area contributed by atoms with Crippen molar-refractivity contribution in [3.05, 3.63) is 34.1 Å². The number of benzene rings is 1. The van der Waals surface area contributed by atoms with Crippen LogP contribution in [-0.2, 0) is 0 Å². The number of rotatable bonds is 1. The molecule has 0 saturated carbocycles. The van der Waals surface area contributed by atoms with Gasteiger partial charge in [-0.3, -0.25) is 0 Å². The fraction of sp³-hybridized carbons (Fsp3) is 0.455. The largest absolute Gasteiger partial charge is 0.302 e. The molecule has 1 aliphatic rings. The van der Waals surface area contributed by atoms with Gasteiger partial charge in [0.15, 0.2) is 0 Å². The zero-order chi connectivity index (χ0) is 10.8. The van der Waals surface area contributed by atoms with Gasteiger partial charge in [-0.2, -0.15) is 0 Å². The van der Waals surface area contributed by atoms with E-state index in [1.54, 1.807) is 11.8 Å². The summed E-state index contributed by atoms with van der Waals surface area (Å²) < 4.78 is 14.5. The highest BCUT2D eigenvalue weighted by atomic mass is 79.9. The van der Waals surface area contributed by atoms with Crippen LogP contribution in [0.25, 0.3) is 0 Å². The molecule has 0 aliphatic carbocycles. The van der Waals surface area contributed by atoms with Crippen molar-refractivity contribution in [1.29, 1.82) is 0 Å². The highest BCUT2D eigenvalue weighted by Crippen LogP contribution is 2.35. The topological polar surface area (TPSA) is 12.0 Å². The van der Waals surface area contributed by atoms with Crippen LogP contribution in [0, 0.1) is 5.82 Å². The lowest BCUT2D eigenvalue weighted by molar-refractivity contribution is 0.560. The quantitative estimate of drug-likeness (QED) is 0.846. The average molecular weight is 290 g/mol. The van der Waals surface area contributed by atoms with Gasteiger partial charge in [0.05, 0.1) is 5.37 Å². The minimum Gasteiger partial charge on any atom is -0.302 e. The molecule has 1 fully saturated rings. The van der Waals surface area contributed by atoms with Gasteiger partial charge in [-0.25, -0.2) is 4.39 Å². The summed E-state index contributed by atoms with van der Waals surface area (Å²) in [7, 11) is 0. The number of nitrogens with one attached hydrogen (secondary N) is 1. The Morgan fingerprint density at radius 3 is 3.00 bits per heavy atom. The molecular formula is C11H13BrFNS. The van der Waals surface area contributed by atoms with Crippen LogP contribution in [0.4, 0.5) is 4.39 Å². The monoisotopic (exact) mass is 289 g/mol. The van der Waals surface area contributed by atoms with Crippen molar-refractivity contribution in [2.24, 2.45) is 0 Å². The van der Waals surface area contributed by atoms with Crippen LogP contribution in [0.2, 0.25) is 0 Å². The summed E-state index contributed by atoms with van der Waals surface area (Å²) in [5, 5.41) is 4.03. The van der Waals surface area contributed by atoms with Crippen LogP contribution < -0.4 is 5.32 Å². The Morgan fingerprint density at radius 1 is 1.53 bits per heavy atom. The first kappa shape index (κ1) is 11.4. The lowest BCUT2D eigenvalue weighted by Gasteiger charge is -2.28. The van der Waals surface area contributed by atoms with Crippen molar-refractivity contribution >= 4 is 27.7 Å². The standard InChI is InChI=1S/C11H13BrFNS/c1-7-4-5-14-11(15-7)9-3-2-8(12)6-10(9)13/h2-3,6-7,11,14H,4-5H2,1H3. The average Bonchev–Trinajstić information content (AvgIpc) is 2.17. The molecular weight excluding hydrogens is 277 g/mol. The first-order valence-electron chi connectivity index (χ1n) is 5.00. The van der Waals surface area contributed by atoms with E-state index in [0.29, 0.717) is 5.25 Å². The van der Waals surface area contributed by atoms with Gasteiger partial charge in [-0.05, 0) is 25.1 Å². The van der Waals surface area contributed by atoms with E-state index in [0.717, 1.165) is 23.0 Å². The fourth-order valence-corrected chi connectivity index (χ4v) is 3.27. The highest BCUT2D eigenvalue weighted by molar-refractivity contribution is 9.10. The molecule has 0 radical (unpaired) electrons. The van der Waals surface area contributed by atoms with Crippen molar-refractivity contribution in [3.63, 3.8) is 0 Å². The molecule has 0 amide bonds. The van der Waals surface area contributed by atoms with Gasteiger partial charge in [-0.1, -0.05) is 28.9 Å². The molecule has 1 N–H and O–H groups in total. The van der Waals surface area contributed by atoms with Gasteiger partial charge in [0.25, 0.3) is 0 Å². The molecule has 1 heterocycles. The van der Waals surface area contributed by atoms with Crippen LogP contribution >= 0.6 is 27.7 Å². The zero-order valence-corrected chi connectivity index (χ0v) is 10.9. The van der Waals surface area contributed by atoms with Crippen molar-refractivity contribution < 1.29 is 4.39 Å². The molecule has 2 rings (SSSR count). The van der Waals surface area contributed by atoms with Crippen molar-refractivity contribution in [2.45, 2.75) is 24.0 Å². The fourth-order valence-electron chi connectivity index (χ4n) is 1.66. The van der Waals surface area contributed by atoms with E-state index in [-0.39, 0.29) is 11.2 Å². The van der Waals surface area contributed by atoms with E-state index < -0.39 is 0 Å². The molecule has 1 nitrogen and oxygen atoms in total. The molecule has 1 aromatic rings. The number of thioether (sulfide) groups is 1. The highest BCUT2D eigenvalue weighted by Gasteiger charge is 2.22. The van der Waals surface area contributed by atoms with Crippen molar-refractivity contribution in [3.8, 4) is 0 Å². The van der Waals surface area contributed by atoms with Crippen LogP contribution in [0.5, 0.6) is 0 Å². The molecule has 82 valence electrons. The summed E-state index contributed by atoms with van der Waals surface area (Å²) in [6.45, 7) is 3.16. The smallest absolute Gasteiger partial charge is 0.129 e. The number of hydrogen-bond acceptors (Lipinski definition) is 2. The molecule has 1 saturated heterocycles. The summed E-state index contributed by atoms with van der Waals surface area (Å²) in [4.78, 5) is 0. The predicted octanol–water partition coefficient (Wildman–Crippen LogP) is 3.70. The van der Waals surface area contributed by atoms with E-state index in [4.69, 9.17) is 0 Å². The molecule has 0 bridgehead atoms. The van der Waals surface area contributed by atoms with Gasteiger partial charge in [-0.15, -0.1) is 11.8 Å². The van der Waals surface area contributed by atoms with Crippen molar-refractivity contribution in [2.75, 3.05) is 6.54 Å². The molecule has 2 atom stereocenters. The zero-order valence-electron chi connectivity index (χ0n) is 8.47. The van der Waals surface area contributed by atoms with E-state index >= 15 is 0 Å². The minimum atomic E-state index is -0.136. The Bertz CT molecular complexity index is 358. The van der Waals surface area contributed by atoms with Crippen LogP contribution in [-0.4, -0.2) is 11.8 Å². The van der Waals surface area contributed by atoms with Crippen LogP contribution in [0.3, 0.4) is 0 Å². The SMILES string of the molecule is CC1CCNC(c2ccc(Br)cc2F)S1. The Morgan fingerprint density at radius 2 is 2.33 bits per heavy atom. The molecule has 0 aromatic heterocycles. The summed E-state index contributed by atoms with van der Waals surface area (Å²) in [6, 6.07) is 5.26.